The van der Waals surface area contributed by atoms with Crippen molar-refractivity contribution >= 4 is 27.5 Å². The zero-order valence-corrected chi connectivity index (χ0v) is 17.9. The topological polar surface area (TPSA) is 61.2 Å². The number of hydrogen-bond acceptors (Lipinski definition) is 5. The highest BCUT2D eigenvalue weighted by Crippen LogP contribution is 2.33. The number of thiophene rings is 1. The number of esters is 1. The van der Waals surface area contributed by atoms with Crippen molar-refractivity contribution in [3.8, 4) is 11.1 Å². The SMILES string of the molecule is Cc1ccc(-c2csc3ncn(CC(=O)O[C@@H]4CCC[C@H](C)C4)c(=O)c23)c(C)c1. The third kappa shape index (κ3) is 4.13. The number of fused-ring (bicyclic) bond motifs is 1. The number of aryl methyl sites for hydroxylation is 2. The van der Waals surface area contributed by atoms with Gasteiger partial charge in [0.05, 0.1) is 11.7 Å². The van der Waals surface area contributed by atoms with E-state index in [0.29, 0.717) is 16.1 Å². The molecule has 2 heterocycles. The number of benzene rings is 1. The summed E-state index contributed by atoms with van der Waals surface area (Å²) in [7, 11) is 0. The third-order valence-corrected chi connectivity index (χ3v) is 6.60. The van der Waals surface area contributed by atoms with Gasteiger partial charge in [0.2, 0.25) is 0 Å². The monoisotopic (exact) mass is 410 g/mol. The lowest BCUT2D eigenvalue weighted by molar-refractivity contribution is -0.152. The van der Waals surface area contributed by atoms with Crippen LogP contribution >= 0.6 is 11.3 Å². The van der Waals surface area contributed by atoms with Gasteiger partial charge in [0.25, 0.3) is 5.56 Å². The van der Waals surface area contributed by atoms with Crippen LogP contribution in [0.15, 0.2) is 34.7 Å². The second-order valence-corrected chi connectivity index (χ2v) is 9.07. The van der Waals surface area contributed by atoms with E-state index in [1.54, 1.807) is 0 Å². The van der Waals surface area contributed by atoms with Gasteiger partial charge in [-0.3, -0.25) is 14.2 Å². The minimum absolute atomic E-state index is 0.0365. The molecule has 2 atom stereocenters. The fourth-order valence-corrected chi connectivity index (χ4v) is 5.14. The second kappa shape index (κ2) is 8.11. The average molecular weight is 411 g/mol. The Morgan fingerprint density at radius 1 is 1.28 bits per heavy atom. The highest BCUT2D eigenvalue weighted by molar-refractivity contribution is 7.17. The molecule has 1 saturated carbocycles. The number of nitrogens with zero attached hydrogens (tertiary/aromatic N) is 2. The first-order chi connectivity index (χ1) is 13.9. The van der Waals surface area contributed by atoms with Gasteiger partial charge < -0.3 is 4.74 Å². The van der Waals surface area contributed by atoms with Crippen molar-refractivity contribution in [2.45, 2.75) is 59.1 Å². The predicted octanol–water partition coefficient (Wildman–Crippen LogP) is 4.86. The quantitative estimate of drug-likeness (QED) is 0.576. The lowest BCUT2D eigenvalue weighted by atomic mass is 9.89. The van der Waals surface area contributed by atoms with Crippen molar-refractivity contribution in [3.05, 3.63) is 51.4 Å². The lowest BCUT2D eigenvalue weighted by Crippen LogP contribution is -2.30. The molecule has 0 saturated heterocycles. The highest BCUT2D eigenvalue weighted by Gasteiger charge is 2.23. The Morgan fingerprint density at radius 2 is 2.10 bits per heavy atom. The van der Waals surface area contributed by atoms with Crippen LogP contribution in [0, 0.1) is 19.8 Å². The van der Waals surface area contributed by atoms with E-state index in [2.05, 4.69) is 24.9 Å². The van der Waals surface area contributed by atoms with E-state index >= 15 is 0 Å². The van der Waals surface area contributed by atoms with E-state index in [4.69, 9.17) is 4.74 Å². The molecule has 0 aliphatic heterocycles. The van der Waals surface area contributed by atoms with Gasteiger partial charge in [-0.1, -0.05) is 37.1 Å². The Balaban J connectivity index is 1.62. The third-order valence-electron chi connectivity index (χ3n) is 5.72. The van der Waals surface area contributed by atoms with Gasteiger partial charge in [-0.05, 0) is 50.2 Å². The summed E-state index contributed by atoms with van der Waals surface area (Å²) >= 11 is 1.45. The summed E-state index contributed by atoms with van der Waals surface area (Å²) < 4.78 is 7.01. The van der Waals surface area contributed by atoms with Crippen molar-refractivity contribution in [1.82, 2.24) is 9.55 Å². The van der Waals surface area contributed by atoms with E-state index in [0.717, 1.165) is 36.0 Å². The van der Waals surface area contributed by atoms with Crippen LogP contribution in [0.1, 0.15) is 43.7 Å². The molecule has 0 N–H and O–H groups in total. The molecule has 0 amide bonds. The van der Waals surface area contributed by atoms with Gasteiger partial charge in [0.1, 0.15) is 17.5 Å². The van der Waals surface area contributed by atoms with E-state index < -0.39 is 0 Å². The molecule has 29 heavy (non-hydrogen) atoms. The summed E-state index contributed by atoms with van der Waals surface area (Å²) in [6.45, 7) is 6.18. The Labute approximate surface area is 174 Å². The zero-order chi connectivity index (χ0) is 20.5. The number of rotatable bonds is 4. The Bertz CT molecular complexity index is 1110. The van der Waals surface area contributed by atoms with E-state index in [-0.39, 0.29) is 24.2 Å². The Hall–Kier alpha value is -2.47. The fraction of sp³-hybridized carbons (Fsp3) is 0.435. The minimum Gasteiger partial charge on any atom is -0.461 e. The minimum atomic E-state index is -0.365. The molecule has 1 aliphatic rings. The van der Waals surface area contributed by atoms with Crippen LogP contribution < -0.4 is 5.56 Å². The molecule has 1 fully saturated rings. The van der Waals surface area contributed by atoms with Crippen LogP contribution in [-0.2, 0) is 16.1 Å². The van der Waals surface area contributed by atoms with Gasteiger partial charge in [0.15, 0.2) is 0 Å². The van der Waals surface area contributed by atoms with Gasteiger partial charge in [-0.15, -0.1) is 11.3 Å². The summed E-state index contributed by atoms with van der Waals surface area (Å²) in [5.74, 6) is 0.212. The van der Waals surface area contributed by atoms with Gasteiger partial charge in [-0.2, -0.15) is 0 Å². The van der Waals surface area contributed by atoms with Gasteiger partial charge in [0, 0.05) is 10.9 Å². The van der Waals surface area contributed by atoms with Gasteiger partial charge >= 0.3 is 5.97 Å². The van der Waals surface area contributed by atoms with Crippen molar-refractivity contribution in [1.29, 1.82) is 0 Å². The van der Waals surface area contributed by atoms with Crippen molar-refractivity contribution in [3.63, 3.8) is 0 Å². The Morgan fingerprint density at radius 3 is 2.86 bits per heavy atom. The van der Waals surface area contributed by atoms with Crippen molar-refractivity contribution in [2.75, 3.05) is 0 Å². The molecule has 0 bridgehead atoms. The molecule has 3 aromatic rings. The van der Waals surface area contributed by atoms with Crippen LogP contribution in [0.25, 0.3) is 21.3 Å². The van der Waals surface area contributed by atoms with Crippen molar-refractivity contribution in [2.24, 2.45) is 5.92 Å². The number of aromatic nitrogens is 2. The van der Waals surface area contributed by atoms with Crippen LogP contribution in [0.4, 0.5) is 0 Å². The summed E-state index contributed by atoms with van der Waals surface area (Å²) in [5.41, 5.74) is 4.01. The maximum atomic E-state index is 13.2. The Kier molecular flexibility index (Phi) is 5.54. The number of carbonyl (C=O) groups is 1. The molecule has 6 heteroatoms. The molecule has 0 radical (unpaired) electrons. The van der Waals surface area contributed by atoms with E-state index in [9.17, 15) is 9.59 Å². The molecule has 0 spiro atoms. The molecule has 0 unspecified atom stereocenters. The summed E-state index contributed by atoms with van der Waals surface area (Å²) in [4.78, 5) is 30.7. The standard InChI is InChI=1S/C23H26N2O3S/c1-14-5-4-6-17(10-14)28-20(26)11-25-13-24-22-21(23(25)27)19(12-29-22)18-8-7-15(2)9-16(18)3/h7-9,12-14,17H,4-6,10-11H2,1-3H3/t14-,17+/m0/s1. The largest absolute Gasteiger partial charge is 0.461 e. The van der Waals surface area contributed by atoms with E-state index in [1.165, 1.54) is 34.2 Å². The molecule has 1 aliphatic carbocycles. The average Bonchev–Trinajstić information content (AvgIpc) is 3.08. The number of hydrogen-bond donors (Lipinski definition) is 0. The molecule has 2 aromatic heterocycles. The molecular weight excluding hydrogens is 384 g/mol. The van der Waals surface area contributed by atoms with Crippen LogP contribution in [0.3, 0.4) is 0 Å². The van der Waals surface area contributed by atoms with Crippen LogP contribution in [-0.4, -0.2) is 21.6 Å². The first-order valence-corrected chi connectivity index (χ1v) is 11.0. The molecule has 1 aromatic carbocycles. The predicted molar refractivity (Wildman–Crippen MR) is 116 cm³/mol. The first-order valence-electron chi connectivity index (χ1n) is 10.2. The molecular formula is C23H26N2O3S. The zero-order valence-electron chi connectivity index (χ0n) is 17.1. The normalized spacial score (nSPS) is 19.4. The number of ether oxygens (including phenoxy) is 1. The van der Waals surface area contributed by atoms with Crippen molar-refractivity contribution < 1.29 is 9.53 Å². The first kappa shape index (κ1) is 19.8. The summed E-state index contributed by atoms with van der Waals surface area (Å²) in [6, 6.07) is 6.20. The second-order valence-electron chi connectivity index (χ2n) is 8.21. The smallest absolute Gasteiger partial charge is 0.326 e. The maximum absolute atomic E-state index is 13.2. The highest BCUT2D eigenvalue weighted by atomic mass is 32.1. The van der Waals surface area contributed by atoms with E-state index in [1.807, 2.05) is 24.4 Å². The number of carbonyl (C=O) groups excluding carboxylic acids is 1. The maximum Gasteiger partial charge on any atom is 0.326 e. The van der Waals surface area contributed by atoms with Gasteiger partial charge in [-0.25, -0.2) is 4.98 Å². The summed E-state index contributed by atoms with van der Waals surface area (Å²) in [5, 5.41) is 2.55. The lowest BCUT2D eigenvalue weighted by Gasteiger charge is -2.26. The summed E-state index contributed by atoms with van der Waals surface area (Å²) in [6.07, 6.45) is 5.50. The molecule has 5 nitrogen and oxygen atoms in total. The molecule has 152 valence electrons. The fourth-order valence-electron chi connectivity index (χ4n) is 4.24. The van der Waals surface area contributed by atoms with Crippen LogP contribution in [0.2, 0.25) is 0 Å². The molecule has 4 rings (SSSR count). The van der Waals surface area contributed by atoms with Crippen LogP contribution in [0.5, 0.6) is 0 Å².